The molecule has 1 aromatic heterocycles. The summed E-state index contributed by atoms with van der Waals surface area (Å²) in [6.07, 6.45) is 1.91. The third-order valence-corrected chi connectivity index (χ3v) is 5.74. The highest BCUT2D eigenvalue weighted by molar-refractivity contribution is 6.35. The molecule has 4 nitrogen and oxygen atoms in total. The van der Waals surface area contributed by atoms with Crippen LogP contribution in [0.4, 0.5) is 11.4 Å². The van der Waals surface area contributed by atoms with Crippen molar-refractivity contribution >= 4 is 40.8 Å². The van der Waals surface area contributed by atoms with E-state index in [1.165, 1.54) is 5.69 Å². The number of hydrogen-bond acceptors (Lipinski definition) is 3. The molecule has 0 aliphatic carbocycles. The summed E-state index contributed by atoms with van der Waals surface area (Å²) in [4.78, 5) is 7.01. The van der Waals surface area contributed by atoms with Crippen molar-refractivity contribution < 1.29 is 4.74 Å². The Balaban J connectivity index is 1.56. The van der Waals surface area contributed by atoms with Crippen LogP contribution in [0.3, 0.4) is 0 Å². The molecule has 29 heavy (non-hydrogen) atoms. The number of benzene rings is 2. The molecule has 0 atom stereocenters. The van der Waals surface area contributed by atoms with Gasteiger partial charge in [0, 0.05) is 47.0 Å². The molecular weight excluding hydrogens is 405 g/mol. The van der Waals surface area contributed by atoms with Crippen LogP contribution in [0.2, 0.25) is 10.0 Å². The van der Waals surface area contributed by atoms with E-state index >= 15 is 0 Å². The maximum Gasteiger partial charge on any atom is 0.0661 e. The molecule has 1 aliphatic rings. The molecule has 0 N–H and O–H groups in total. The fourth-order valence-corrected chi connectivity index (χ4v) is 4.16. The second-order valence-electron chi connectivity index (χ2n) is 7.13. The van der Waals surface area contributed by atoms with Crippen molar-refractivity contribution in [3.8, 4) is 5.69 Å². The van der Waals surface area contributed by atoms with Crippen LogP contribution in [0.25, 0.3) is 5.69 Å². The summed E-state index contributed by atoms with van der Waals surface area (Å²) in [6.45, 7) is 7.57. The van der Waals surface area contributed by atoms with E-state index in [0.717, 1.165) is 54.6 Å². The van der Waals surface area contributed by atoms with Gasteiger partial charge in [0.1, 0.15) is 0 Å². The summed E-state index contributed by atoms with van der Waals surface area (Å²) >= 11 is 12.5. The first-order chi connectivity index (χ1) is 14.0. The Kier molecular flexibility index (Phi) is 5.95. The summed E-state index contributed by atoms with van der Waals surface area (Å²) in [5, 5.41) is 1.25. The number of nitrogens with zero attached hydrogens (tertiary/aromatic N) is 3. The smallest absolute Gasteiger partial charge is 0.0661 e. The second-order valence-corrected chi connectivity index (χ2v) is 7.98. The van der Waals surface area contributed by atoms with Gasteiger partial charge in [-0.15, -0.1) is 0 Å². The SMILES string of the molecule is Cc1cc(C=Nc2ccc(N3CCOCC3)cc2)c(C)n1-c1ccc(Cl)cc1Cl. The highest BCUT2D eigenvalue weighted by Crippen LogP contribution is 2.29. The summed E-state index contributed by atoms with van der Waals surface area (Å²) in [5.74, 6) is 0. The number of rotatable bonds is 4. The van der Waals surface area contributed by atoms with E-state index < -0.39 is 0 Å². The summed E-state index contributed by atoms with van der Waals surface area (Å²) in [6, 6.07) is 16.0. The van der Waals surface area contributed by atoms with Crippen molar-refractivity contribution in [2.24, 2.45) is 4.99 Å². The zero-order chi connectivity index (χ0) is 20.4. The second kappa shape index (κ2) is 8.62. The summed E-state index contributed by atoms with van der Waals surface area (Å²) < 4.78 is 7.54. The standard InChI is InChI=1S/C23H23Cl2N3O/c1-16-13-18(17(2)28(16)23-8-3-19(24)14-22(23)25)15-26-20-4-6-21(7-5-20)27-9-11-29-12-10-27/h3-8,13-15H,9-12H2,1-2H3. The van der Waals surface area contributed by atoms with Gasteiger partial charge in [-0.3, -0.25) is 4.99 Å². The molecule has 0 spiro atoms. The van der Waals surface area contributed by atoms with Crippen LogP contribution in [-0.4, -0.2) is 37.1 Å². The van der Waals surface area contributed by atoms with Gasteiger partial charge >= 0.3 is 0 Å². The zero-order valence-electron chi connectivity index (χ0n) is 16.5. The normalized spacial score (nSPS) is 14.7. The maximum atomic E-state index is 6.42. The maximum absolute atomic E-state index is 6.42. The Labute approximate surface area is 181 Å². The number of aryl methyl sites for hydroxylation is 1. The average Bonchev–Trinajstić information content (AvgIpc) is 3.01. The summed E-state index contributed by atoms with van der Waals surface area (Å²) in [7, 11) is 0. The lowest BCUT2D eigenvalue weighted by Gasteiger charge is -2.28. The third kappa shape index (κ3) is 4.35. The van der Waals surface area contributed by atoms with Gasteiger partial charge in [0.05, 0.1) is 29.6 Å². The van der Waals surface area contributed by atoms with E-state index in [-0.39, 0.29) is 0 Å². The van der Waals surface area contributed by atoms with E-state index in [1.807, 2.05) is 18.3 Å². The lowest BCUT2D eigenvalue weighted by Crippen LogP contribution is -2.36. The van der Waals surface area contributed by atoms with Gasteiger partial charge in [-0.25, -0.2) is 0 Å². The zero-order valence-corrected chi connectivity index (χ0v) is 18.0. The average molecular weight is 428 g/mol. The molecule has 0 saturated carbocycles. The Morgan fingerprint density at radius 3 is 2.38 bits per heavy atom. The molecule has 1 fully saturated rings. The Morgan fingerprint density at radius 1 is 0.966 bits per heavy atom. The quantitative estimate of drug-likeness (QED) is 0.478. The van der Waals surface area contributed by atoms with Crippen molar-refractivity contribution in [3.05, 3.63) is 75.5 Å². The van der Waals surface area contributed by atoms with Crippen molar-refractivity contribution in [1.29, 1.82) is 0 Å². The molecule has 0 unspecified atom stereocenters. The van der Waals surface area contributed by atoms with Gasteiger partial charge in [0.15, 0.2) is 0 Å². The van der Waals surface area contributed by atoms with Crippen LogP contribution >= 0.6 is 23.2 Å². The predicted molar refractivity (Wildman–Crippen MR) is 122 cm³/mol. The molecule has 4 rings (SSSR count). The number of aromatic nitrogens is 1. The monoisotopic (exact) mass is 427 g/mol. The van der Waals surface area contributed by atoms with E-state index in [4.69, 9.17) is 27.9 Å². The topological polar surface area (TPSA) is 29.8 Å². The first kappa shape index (κ1) is 20.0. The van der Waals surface area contributed by atoms with Crippen molar-refractivity contribution in [3.63, 3.8) is 0 Å². The van der Waals surface area contributed by atoms with Gasteiger partial charge < -0.3 is 14.2 Å². The van der Waals surface area contributed by atoms with E-state index in [0.29, 0.717) is 10.0 Å². The number of morpholine rings is 1. The lowest BCUT2D eigenvalue weighted by atomic mass is 10.2. The molecule has 6 heteroatoms. The fourth-order valence-electron chi connectivity index (χ4n) is 3.67. The van der Waals surface area contributed by atoms with E-state index in [1.54, 1.807) is 6.07 Å². The van der Waals surface area contributed by atoms with E-state index in [2.05, 4.69) is 58.6 Å². The van der Waals surface area contributed by atoms with Crippen molar-refractivity contribution in [1.82, 2.24) is 4.57 Å². The lowest BCUT2D eigenvalue weighted by molar-refractivity contribution is 0.122. The molecule has 1 aliphatic heterocycles. The molecular formula is C23H23Cl2N3O. The van der Waals surface area contributed by atoms with Gasteiger partial charge in [0.25, 0.3) is 0 Å². The minimum Gasteiger partial charge on any atom is -0.378 e. The van der Waals surface area contributed by atoms with Gasteiger partial charge in [-0.05, 0) is 62.4 Å². The minimum absolute atomic E-state index is 0.626. The molecule has 2 heterocycles. The van der Waals surface area contributed by atoms with Crippen LogP contribution in [0.5, 0.6) is 0 Å². The summed E-state index contributed by atoms with van der Waals surface area (Å²) in [5.41, 5.74) is 6.29. The fraction of sp³-hybridized carbons (Fsp3) is 0.261. The van der Waals surface area contributed by atoms with Crippen LogP contribution in [0.15, 0.2) is 53.5 Å². The molecule has 2 aromatic carbocycles. The Morgan fingerprint density at radius 2 is 1.69 bits per heavy atom. The Bertz CT molecular complexity index is 1040. The number of aliphatic imine (C=N–C) groups is 1. The van der Waals surface area contributed by atoms with Gasteiger partial charge in [-0.1, -0.05) is 23.2 Å². The van der Waals surface area contributed by atoms with Gasteiger partial charge in [0.2, 0.25) is 0 Å². The first-order valence-corrected chi connectivity index (χ1v) is 10.4. The number of halogens is 2. The van der Waals surface area contributed by atoms with Crippen LogP contribution in [0, 0.1) is 13.8 Å². The van der Waals surface area contributed by atoms with Crippen molar-refractivity contribution in [2.75, 3.05) is 31.2 Å². The highest BCUT2D eigenvalue weighted by atomic mass is 35.5. The van der Waals surface area contributed by atoms with Crippen LogP contribution < -0.4 is 4.90 Å². The minimum atomic E-state index is 0.626. The Hall–Kier alpha value is -2.27. The number of hydrogen-bond donors (Lipinski definition) is 0. The molecule has 0 amide bonds. The van der Waals surface area contributed by atoms with Crippen LogP contribution in [0.1, 0.15) is 17.0 Å². The highest BCUT2D eigenvalue weighted by Gasteiger charge is 2.13. The van der Waals surface area contributed by atoms with Gasteiger partial charge in [-0.2, -0.15) is 0 Å². The molecule has 3 aromatic rings. The third-order valence-electron chi connectivity index (χ3n) is 5.20. The molecule has 150 valence electrons. The van der Waals surface area contributed by atoms with Crippen LogP contribution in [-0.2, 0) is 4.74 Å². The molecule has 0 bridgehead atoms. The predicted octanol–water partition coefficient (Wildman–Crippen LogP) is 5.99. The van der Waals surface area contributed by atoms with E-state index in [9.17, 15) is 0 Å². The number of anilines is 1. The largest absolute Gasteiger partial charge is 0.378 e. The molecule has 0 radical (unpaired) electrons. The molecule has 1 saturated heterocycles. The number of ether oxygens (including phenoxy) is 1. The van der Waals surface area contributed by atoms with Crippen molar-refractivity contribution in [2.45, 2.75) is 13.8 Å². The first-order valence-electron chi connectivity index (χ1n) is 9.64.